The first-order chi connectivity index (χ1) is 7.65. The van der Waals surface area contributed by atoms with E-state index < -0.39 is 11.6 Å². The molecule has 86 valence electrons. The third-order valence-electron chi connectivity index (χ3n) is 2.43. The minimum Gasteiger partial charge on any atom is -0.352 e. The fourth-order valence-electron chi connectivity index (χ4n) is 1.62. The quantitative estimate of drug-likeness (QED) is 0.823. The van der Waals surface area contributed by atoms with Crippen LogP contribution in [0.5, 0.6) is 0 Å². The van der Waals surface area contributed by atoms with E-state index in [1.807, 2.05) is 11.9 Å². The molecular formula is C11H13F2N3. The summed E-state index contributed by atoms with van der Waals surface area (Å²) in [6, 6.07) is 3.49. The number of nitrogens with zero attached hydrogens (tertiary/aromatic N) is 2. The maximum absolute atomic E-state index is 12.9. The number of guanidine groups is 1. The molecule has 0 fully saturated rings. The number of halogens is 2. The minimum atomic E-state index is -0.557. The Morgan fingerprint density at radius 1 is 1.31 bits per heavy atom. The summed E-state index contributed by atoms with van der Waals surface area (Å²) >= 11 is 0. The Kier molecular flexibility index (Phi) is 3.03. The predicted molar refractivity (Wildman–Crippen MR) is 58.1 cm³/mol. The summed E-state index contributed by atoms with van der Waals surface area (Å²) in [6.07, 6.45) is 0. The van der Waals surface area contributed by atoms with Gasteiger partial charge in [0.15, 0.2) is 5.96 Å². The molecule has 16 heavy (non-hydrogen) atoms. The van der Waals surface area contributed by atoms with E-state index in [1.165, 1.54) is 12.1 Å². The highest BCUT2D eigenvalue weighted by atomic mass is 19.1. The van der Waals surface area contributed by atoms with Gasteiger partial charge in [-0.25, -0.2) is 8.78 Å². The Labute approximate surface area is 92.8 Å². The smallest absolute Gasteiger partial charge is 0.194 e. The van der Waals surface area contributed by atoms with E-state index in [0.717, 1.165) is 25.1 Å². The SMILES string of the molecule is CN1CCN=C1NCc1cc(F)cc(F)c1. The molecule has 0 atom stereocenters. The Hall–Kier alpha value is -1.65. The van der Waals surface area contributed by atoms with Crippen LogP contribution < -0.4 is 5.32 Å². The third kappa shape index (κ3) is 2.48. The predicted octanol–water partition coefficient (Wildman–Crippen LogP) is 1.36. The molecule has 1 N–H and O–H groups in total. The van der Waals surface area contributed by atoms with Gasteiger partial charge in [-0.2, -0.15) is 0 Å². The molecule has 2 rings (SSSR count). The lowest BCUT2D eigenvalue weighted by Gasteiger charge is -2.15. The van der Waals surface area contributed by atoms with Gasteiger partial charge >= 0.3 is 0 Å². The Bertz CT molecular complexity index is 397. The molecule has 1 aliphatic rings. The monoisotopic (exact) mass is 225 g/mol. The Morgan fingerprint density at radius 2 is 2.00 bits per heavy atom. The molecule has 1 aromatic carbocycles. The summed E-state index contributed by atoms with van der Waals surface area (Å²) in [5, 5.41) is 3.04. The second-order valence-corrected chi connectivity index (χ2v) is 3.76. The summed E-state index contributed by atoms with van der Waals surface area (Å²) in [6.45, 7) is 2.01. The van der Waals surface area contributed by atoms with Gasteiger partial charge in [0.05, 0.1) is 6.54 Å². The van der Waals surface area contributed by atoms with E-state index in [-0.39, 0.29) is 0 Å². The van der Waals surface area contributed by atoms with Gasteiger partial charge in [-0.1, -0.05) is 0 Å². The number of rotatable bonds is 2. The van der Waals surface area contributed by atoms with E-state index in [0.29, 0.717) is 12.1 Å². The van der Waals surface area contributed by atoms with Gasteiger partial charge < -0.3 is 10.2 Å². The molecule has 3 nitrogen and oxygen atoms in total. The van der Waals surface area contributed by atoms with Gasteiger partial charge in [0.25, 0.3) is 0 Å². The first-order valence-electron chi connectivity index (χ1n) is 5.09. The molecular weight excluding hydrogens is 212 g/mol. The summed E-state index contributed by atoms with van der Waals surface area (Å²) in [4.78, 5) is 6.19. The van der Waals surface area contributed by atoms with Crippen molar-refractivity contribution in [2.45, 2.75) is 6.54 Å². The summed E-state index contributed by atoms with van der Waals surface area (Å²) in [5.41, 5.74) is 0.570. The van der Waals surface area contributed by atoms with E-state index in [2.05, 4.69) is 10.3 Å². The van der Waals surface area contributed by atoms with Crippen LogP contribution in [-0.2, 0) is 6.54 Å². The molecule has 0 unspecified atom stereocenters. The van der Waals surface area contributed by atoms with Crippen molar-refractivity contribution in [1.82, 2.24) is 10.2 Å². The van der Waals surface area contributed by atoms with Crippen LogP contribution in [0.15, 0.2) is 23.2 Å². The minimum absolute atomic E-state index is 0.373. The van der Waals surface area contributed by atoms with Crippen molar-refractivity contribution in [3.63, 3.8) is 0 Å². The summed E-state index contributed by atoms with van der Waals surface area (Å²) < 4.78 is 25.8. The number of likely N-dealkylation sites (N-methyl/N-ethyl adjacent to an activating group) is 1. The van der Waals surface area contributed by atoms with E-state index in [4.69, 9.17) is 0 Å². The Morgan fingerprint density at radius 3 is 2.56 bits per heavy atom. The Balaban J connectivity index is 1.99. The van der Waals surface area contributed by atoms with Gasteiger partial charge in [-0.05, 0) is 17.7 Å². The number of nitrogens with one attached hydrogen (secondary N) is 1. The van der Waals surface area contributed by atoms with Crippen molar-refractivity contribution in [2.75, 3.05) is 20.1 Å². The topological polar surface area (TPSA) is 27.6 Å². The molecule has 0 amide bonds. The van der Waals surface area contributed by atoms with Crippen LogP contribution in [0.3, 0.4) is 0 Å². The summed E-state index contributed by atoms with van der Waals surface area (Å²) in [7, 11) is 1.92. The zero-order valence-electron chi connectivity index (χ0n) is 9.00. The van der Waals surface area contributed by atoms with Gasteiger partial charge in [0.2, 0.25) is 0 Å². The van der Waals surface area contributed by atoms with Crippen molar-refractivity contribution in [3.8, 4) is 0 Å². The molecule has 0 radical (unpaired) electrons. The number of benzene rings is 1. The highest BCUT2D eigenvalue weighted by molar-refractivity contribution is 5.81. The van der Waals surface area contributed by atoms with Crippen molar-refractivity contribution in [3.05, 3.63) is 35.4 Å². The van der Waals surface area contributed by atoms with Crippen molar-refractivity contribution >= 4 is 5.96 Å². The van der Waals surface area contributed by atoms with Crippen LogP contribution >= 0.6 is 0 Å². The van der Waals surface area contributed by atoms with E-state index in [1.54, 1.807) is 0 Å². The van der Waals surface area contributed by atoms with Gasteiger partial charge in [0.1, 0.15) is 11.6 Å². The first kappa shape index (κ1) is 10.9. The van der Waals surface area contributed by atoms with Crippen LogP contribution in [0.1, 0.15) is 5.56 Å². The molecule has 0 spiro atoms. The number of hydrogen-bond acceptors (Lipinski definition) is 3. The summed E-state index contributed by atoms with van der Waals surface area (Å²) in [5.74, 6) is -0.346. The van der Waals surface area contributed by atoms with Crippen molar-refractivity contribution in [2.24, 2.45) is 4.99 Å². The average molecular weight is 225 g/mol. The highest BCUT2D eigenvalue weighted by Crippen LogP contribution is 2.08. The lowest BCUT2D eigenvalue weighted by atomic mass is 10.2. The second kappa shape index (κ2) is 4.47. The zero-order chi connectivity index (χ0) is 11.5. The van der Waals surface area contributed by atoms with Crippen molar-refractivity contribution < 1.29 is 8.78 Å². The van der Waals surface area contributed by atoms with Gasteiger partial charge in [0, 0.05) is 26.2 Å². The fourth-order valence-corrected chi connectivity index (χ4v) is 1.62. The first-order valence-corrected chi connectivity index (χ1v) is 5.09. The molecule has 1 aliphatic heterocycles. The van der Waals surface area contributed by atoms with Gasteiger partial charge in [-0.3, -0.25) is 4.99 Å². The molecule has 1 heterocycles. The van der Waals surface area contributed by atoms with Crippen LogP contribution in [0.2, 0.25) is 0 Å². The van der Waals surface area contributed by atoms with E-state index >= 15 is 0 Å². The van der Waals surface area contributed by atoms with E-state index in [9.17, 15) is 8.78 Å². The maximum atomic E-state index is 12.9. The standard InChI is InChI=1S/C11H13F2N3/c1-16-3-2-14-11(16)15-7-8-4-9(12)6-10(13)5-8/h4-6H,2-3,7H2,1H3,(H,14,15). The number of hydrogen-bond donors (Lipinski definition) is 1. The molecule has 5 heteroatoms. The van der Waals surface area contributed by atoms with Crippen molar-refractivity contribution in [1.29, 1.82) is 0 Å². The molecule has 0 aliphatic carbocycles. The third-order valence-corrected chi connectivity index (χ3v) is 2.43. The molecule has 0 saturated carbocycles. The number of aliphatic imine (C=N–C) groups is 1. The highest BCUT2D eigenvalue weighted by Gasteiger charge is 2.11. The lowest BCUT2D eigenvalue weighted by Crippen LogP contribution is -2.35. The molecule has 1 aromatic rings. The molecule has 0 saturated heterocycles. The van der Waals surface area contributed by atoms with Crippen LogP contribution in [0, 0.1) is 11.6 Å². The fraction of sp³-hybridized carbons (Fsp3) is 0.364. The molecule has 0 bridgehead atoms. The molecule has 0 aromatic heterocycles. The second-order valence-electron chi connectivity index (χ2n) is 3.76. The largest absolute Gasteiger partial charge is 0.352 e. The maximum Gasteiger partial charge on any atom is 0.194 e. The zero-order valence-corrected chi connectivity index (χ0v) is 9.00. The van der Waals surface area contributed by atoms with Crippen LogP contribution in [0.25, 0.3) is 0 Å². The lowest BCUT2D eigenvalue weighted by molar-refractivity contribution is 0.532. The normalized spacial score (nSPS) is 15.2. The average Bonchev–Trinajstić information content (AvgIpc) is 2.59. The van der Waals surface area contributed by atoms with Crippen LogP contribution in [0.4, 0.5) is 8.78 Å². The van der Waals surface area contributed by atoms with Crippen LogP contribution in [-0.4, -0.2) is 31.0 Å². The van der Waals surface area contributed by atoms with Gasteiger partial charge in [-0.15, -0.1) is 0 Å².